The molecule has 0 aliphatic rings. The fourth-order valence-electron chi connectivity index (χ4n) is 1.30. The number of aryl methyl sites for hydroxylation is 1. The van der Waals surface area contributed by atoms with Crippen LogP contribution in [0.3, 0.4) is 0 Å². The first-order valence-electron chi connectivity index (χ1n) is 4.56. The molecule has 0 bridgehead atoms. The molecule has 0 radical (unpaired) electrons. The van der Waals surface area contributed by atoms with Gasteiger partial charge in [-0.1, -0.05) is 0 Å². The number of nitrogens with zero attached hydrogens (tertiary/aromatic N) is 4. The fourth-order valence-corrected chi connectivity index (χ4v) is 1.30. The highest BCUT2D eigenvalue weighted by Gasteiger charge is 2.14. The molecule has 0 saturated heterocycles. The first-order chi connectivity index (χ1) is 7.16. The van der Waals surface area contributed by atoms with Gasteiger partial charge in [0.2, 0.25) is 5.95 Å². The van der Waals surface area contributed by atoms with Crippen LogP contribution >= 0.6 is 0 Å². The molecule has 7 heteroatoms. The molecule has 1 atom stereocenters. The Hall–Kier alpha value is -1.89. The molecule has 2 heterocycles. The summed E-state index contributed by atoms with van der Waals surface area (Å²) in [6.07, 6.45) is 3.96. The number of hydrogen-bond donors (Lipinski definition) is 3. The van der Waals surface area contributed by atoms with Crippen LogP contribution in [0.25, 0.3) is 0 Å². The SMILES string of the molecule is Cn1nc([C@@H](N)Cc2cnc[nH]2)nc1N. The van der Waals surface area contributed by atoms with Crippen LogP contribution in [-0.2, 0) is 13.5 Å². The number of nitrogen functional groups attached to an aromatic ring is 1. The summed E-state index contributed by atoms with van der Waals surface area (Å²) >= 11 is 0. The second-order valence-electron chi connectivity index (χ2n) is 3.34. The number of nitrogens with one attached hydrogen (secondary N) is 1. The van der Waals surface area contributed by atoms with Crippen LogP contribution in [0.4, 0.5) is 5.95 Å². The molecule has 0 aliphatic carbocycles. The van der Waals surface area contributed by atoms with Crippen LogP contribution < -0.4 is 11.5 Å². The van der Waals surface area contributed by atoms with Crippen molar-refractivity contribution in [2.75, 3.05) is 5.73 Å². The normalized spacial score (nSPS) is 12.9. The molecular weight excluding hydrogens is 194 g/mol. The fraction of sp³-hybridized carbons (Fsp3) is 0.375. The van der Waals surface area contributed by atoms with Crippen molar-refractivity contribution >= 4 is 5.95 Å². The number of anilines is 1. The van der Waals surface area contributed by atoms with Crippen molar-refractivity contribution in [1.82, 2.24) is 24.7 Å². The van der Waals surface area contributed by atoms with Gasteiger partial charge in [0.15, 0.2) is 5.82 Å². The lowest BCUT2D eigenvalue weighted by Gasteiger charge is -2.04. The maximum atomic E-state index is 5.93. The highest BCUT2D eigenvalue weighted by atomic mass is 15.4. The zero-order valence-corrected chi connectivity index (χ0v) is 8.38. The van der Waals surface area contributed by atoms with E-state index in [1.165, 1.54) is 4.68 Å². The third kappa shape index (κ3) is 1.96. The van der Waals surface area contributed by atoms with Crippen molar-refractivity contribution in [3.05, 3.63) is 24.0 Å². The summed E-state index contributed by atoms with van der Waals surface area (Å²) in [4.78, 5) is 10.9. The van der Waals surface area contributed by atoms with Gasteiger partial charge in [-0.3, -0.25) is 0 Å². The van der Waals surface area contributed by atoms with Crippen LogP contribution in [0.1, 0.15) is 17.6 Å². The van der Waals surface area contributed by atoms with Crippen LogP contribution in [0.5, 0.6) is 0 Å². The Kier molecular flexibility index (Phi) is 2.38. The molecule has 0 amide bonds. The van der Waals surface area contributed by atoms with E-state index in [0.29, 0.717) is 18.2 Å². The highest BCUT2D eigenvalue weighted by molar-refractivity contribution is 5.17. The summed E-state index contributed by atoms with van der Waals surface area (Å²) in [6, 6.07) is -0.269. The number of H-pyrrole nitrogens is 1. The van der Waals surface area contributed by atoms with E-state index in [2.05, 4.69) is 20.1 Å². The monoisotopic (exact) mass is 207 g/mol. The van der Waals surface area contributed by atoms with Crippen molar-refractivity contribution in [3.8, 4) is 0 Å². The number of aromatic nitrogens is 5. The molecule has 0 spiro atoms. The van der Waals surface area contributed by atoms with E-state index in [9.17, 15) is 0 Å². The standard InChI is InChI=1S/C8H13N7/c1-15-8(10)13-7(14-15)6(9)2-5-3-11-4-12-5/h3-4,6H,2,9H2,1H3,(H,11,12)(H2,10,13,14)/t6-/m0/s1. The van der Waals surface area contributed by atoms with Crippen molar-refractivity contribution in [2.45, 2.75) is 12.5 Å². The second kappa shape index (κ2) is 3.70. The van der Waals surface area contributed by atoms with Gasteiger partial charge in [0, 0.05) is 25.4 Å². The molecular formula is C8H13N7. The zero-order valence-electron chi connectivity index (χ0n) is 8.38. The van der Waals surface area contributed by atoms with E-state index in [-0.39, 0.29) is 6.04 Å². The number of aromatic amines is 1. The summed E-state index contributed by atoms with van der Waals surface area (Å²) in [6.45, 7) is 0. The summed E-state index contributed by atoms with van der Waals surface area (Å²) in [5.41, 5.74) is 12.4. The Bertz CT molecular complexity index is 410. The van der Waals surface area contributed by atoms with Gasteiger partial charge in [0.25, 0.3) is 0 Å². The van der Waals surface area contributed by atoms with Crippen LogP contribution in [0.2, 0.25) is 0 Å². The Morgan fingerprint density at radius 3 is 2.93 bits per heavy atom. The largest absolute Gasteiger partial charge is 0.368 e. The highest BCUT2D eigenvalue weighted by Crippen LogP contribution is 2.11. The first kappa shape index (κ1) is 9.66. The summed E-state index contributed by atoms with van der Waals surface area (Å²) < 4.78 is 1.50. The van der Waals surface area contributed by atoms with Crippen LogP contribution in [0.15, 0.2) is 12.5 Å². The van der Waals surface area contributed by atoms with E-state index in [1.54, 1.807) is 19.6 Å². The summed E-state index contributed by atoms with van der Waals surface area (Å²) in [5, 5.41) is 4.11. The lowest BCUT2D eigenvalue weighted by molar-refractivity contribution is 0.641. The Balaban J connectivity index is 2.11. The summed E-state index contributed by atoms with van der Waals surface area (Å²) in [5.74, 6) is 0.912. The third-order valence-corrected chi connectivity index (χ3v) is 2.14. The maximum absolute atomic E-state index is 5.93. The minimum absolute atomic E-state index is 0.269. The quantitative estimate of drug-likeness (QED) is 0.620. The van der Waals surface area contributed by atoms with Crippen LogP contribution in [-0.4, -0.2) is 24.7 Å². The van der Waals surface area contributed by atoms with Crippen molar-refractivity contribution < 1.29 is 0 Å². The Morgan fingerprint density at radius 2 is 2.40 bits per heavy atom. The summed E-state index contributed by atoms with van der Waals surface area (Å²) in [7, 11) is 1.73. The number of rotatable bonds is 3. The topological polar surface area (TPSA) is 111 Å². The second-order valence-corrected chi connectivity index (χ2v) is 3.34. The average molecular weight is 207 g/mol. The molecule has 0 fully saturated rings. The van der Waals surface area contributed by atoms with Gasteiger partial charge in [0.05, 0.1) is 12.4 Å². The third-order valence-electron chi connectivity index (χ3n) is 2.14. The molecule has 0 saturated carbocycles. The van der Waals surface area contributed by atoms with Gasteiger partial charge < -0.3 is 16.5 Å². The van der Waals surface area contributed by atoms with E-state index in [1.807, 2.05) is 0 Å². The van der Waals surface area contributed by atoms with Gasteiger partial charge in [-0.15, -0.1) is 0 Å². The average Bonchev–Trinajstić information content (AvgIpc) is 2.78. The molecule has 2 rings (SSSR count). The van der Waals surface area contributed by atoms with Gasteiger partial charge in [0.1, 0.15) is 0 Å². The van der Waals surface area contributed by atoms with Crippen molar-refractivity contribution in [3.63, 3.8) is 0 Å². The first-order valence-corrected chi connectivity index (χ1v) is 4.56. The zero-order chi connectivity index (χ0) is 10.8. The molecule has 2 aromatic rings. The van der Waals surface area contributed by atoms with Gasteiger partial charge in [-0.25, -0.2) is 9.67 Å². The van der Waals surface area contributed by atoms with Gasteiger partial charge in [-0.05, 0) is 0 Å². The molecule has 7 nitrogen and oxygen atoms in total. The molecule has 0 aromatic carbocycles. The minimum atomic E-state index is -0.269. The van der Waals surface area contributed by atoms with Gasteiger partial charge >= 0.3 is 0 Å². The molecule has 0 unspecified atom stereocenters. The van der Waals surface area contributed by atoms with E-state index in [4.69, 9.17) is 11.5 Å². The Morgan fingerprint density at radius 1 is 1.60 bits per heavy atom. The number of imidazole rings is 1. The Labute approximate surface area is 86.5 Å². The van der Waals surface area contributed by atoms with E-state index in [0.717, 1.165) is 5.69 Å². The van der Waals surface area contributed by atoms with Crippen molar-refractivity contribution in [2.24, 2.45) is 12.8 Å². The number of nitrogens with two attached hydrogens (primary N) is 2. The predicted molar refractivity (Wildman–Crippen MR) is 54.6 cm³/mol. The molecule has 15 heavy (non-hydrogen) atoms. The molecule has 5 N–H and O–H groups in total. The molecule has 80 valence electrons. The maximum Gasteiger partial charge on any atom is 0.218 e. The molecule has 0 aliphatic heterocycles. The van der Waals surface area contributed by atoms with Crippen LogP contribution in [0, 0.1) is 0 Å². The lowest BCUT2D eigenvalue weighted by Crippen LogP contribution is -2.15. The molecule has 2 aromatic heterocycles. The van der Waals surface area contributed by atoms with Crippen molar-refractivity contribution in [1.29, 1.82) is 0 Å². The minimum Gasteiger partial charge on any atom is -0.368 e. The predicted octanol–water partition coefficient (Wildman–Crippen LogP) is -0.637. The smallest absolute Gasteiger partial charge is 0.218 e. The van der Waals surface area contributed by atoms with E-state index < -0.39 is 0 Å². The lowest BCUT2D eigenvalue weighted by atomic mass is 10.2. The van der Waals surface area contributed by atoms with E-state index >= 15 is 0 Å². The number of hydrogen-bond acceptors (Lipinski definition) is 5. The van der Waals surface area contributed by atoms with Gasteiger partial charge in [-0.2, -0.15) is 10.1 Å².